The molecule has 156 valence electrons. The van der Waals surface area contributed by atoms with Gasteiger partial charge in [0, 0.05) is 28.9 Å². The van der Waals surface area contributed by atoms with Crippen LogP contribution in [0.15, 0.2) is 51.7 Å². The van der Waals surface area contributed by atoms with Gasteiger partial charge in [0.05, 0.1) is 5.69 Å². The second-order valence-electron chi connectivity index (χ2n) is 7.79. The molecule has 30 heavy (non-hydrogen) atoms. The lowest BCUT2D eigenvalue weighted by Crippen LogP contribution is -2.37. The topological polar surface area (TPSA) is 82.8 Å². The molecular formula is C23H23ClN2O4. The van der Waals surface area contributed by atoms with Crippen molar-refractivity contribution in [3.05, 3.63) is 69.0 Å². The van der Waals surface area contributed by atoms with Crippen LogP contribution in [0.4, 0.5) is 5.69 Å². The van der Waals surface area contributed by atoms with Gasteiger partial charge in [-0.3, -0.25) is 9.69 Å². The molecule has 1 saturated heterocycles. The van der Waals surface area contributed by atoms with Crippen LogP contribution >= 0.6 is 11.6 Å². The molecule has 4 rings (SSSR count). The minimum absolute atomic E-state index is 0.00444. The number of benzene rings is 2. The van der Waals surface area contributed by atoms with Crippen LogP contribution in [0.5, 0.6) is 5.75 Å². The Morgan fingerprint density at radius 2 is 1.97 bits per heavy atom. The molecule has 2 N–H and O–H groups in total. The molecule has 1 aromatic heterocycles. The third-order valence-corrected chi connectivity index (χ3v) is 5.79. The van der Waals surface area contributed by atoms with E-state index in [0.717, 1.165) is 29.6 Å². The molecule has 6 nitrogen and oxygen atoms in total. The fraction of sp³-hybridized carbons (Fsp3) is 0.304. The van der Waals surface area contributed by atoms with Crippen molar-refractivity contribution in [2.75, 3.05) is 18.4 Å². The number of piperidine rings is 1. The Kier molecular flexibility index (Phi) is 5.79. The summed E-state index contributed by atoms with van der Waals surface area (Å²) in [6.07, 6.45) is 1.40. The number of phenolic OH excluding ortho intramolecular Hbond substituents is 1. The molecule has 3 aromatic rings. The lowest BCUT2D eigenvalue weighted by Gasteiger charge is -2.31. The normalized spacial score (nSPS) is 15.4. The fourth-order valence-corrected chi connectivity index (χ4v) is 4.08. The molecule has 2 heterocycles. The van der Waals surface area contributed by atoms with Gasteiger partial charge in [0.25, 0.3) is 0 Å². The number of halogens is 1. The van der Waals surface area contributed by atoms with Crippen molar-refractivity contribution in [1.29, 1.82) is 0 Å². The number of carbonyl (C=O) groups is 1. The summed E-state index contributed by atoms with van der Waals surface area (Å²) >= 11 is 5.95. The molecule has 0 radical (unpaired) electrons. The third kappa shape index (κ3) is 4.50. The average Bonchev–Trinajstić information content (AvgIpc) is 2.70. The van der Waals surface area contributed by atoms with Crippen molar-refractivity contribution in [3.8, 4) is 5.75 Å². The number of nitrogens with one attached hydrogen (secondary N) is 1. The standard InChI is InChI=1S/C23H23ClN2O4/c1-14-2-4-18-16(11-22(28)30-21(18)10-14)13-26-8-6-15(7-9-26)23(29)25-19-12-17(24)3-5-20(19)27/h2-5,10-12,15,27H,6-9,13H2,1H3,(H,25,29). The first kappa shape index (κ1) is 20.4. The summed E-state index contributed by atoms with van der Waals surface area (Å²) in [6.45, 7) is 4.08. The van der Waals surface area contributed by atoms with Crippen LogP contribution < -0.4 is 10.9 Å². The zero-order valence-electron chi connectivity index (χ0n) is 16.7. The number of phenols is 1. The Morgan fingerprint density at radius 3 is 2.73 bits per heavy atom. The van der Waals surface area contributed by atoms with Gasteiger partial charge in [0.1, 0.15) is 11.3 Å². The number of nitrogens with zero attached hydrogens (tertiary/aromatic N) is 1. The Morgan fingerprint density at radius 1 is 1.20 bits per heavy atom. The fourth-order valence-electron chi connectivity index (χ4n) is 3.91. The predicted octanol–water partition coefficient (Wildman–Crippen LogP) is 4.31. The highest BCUT2D eigenvalue weighted by molar-refractivity contribution is 6.31. The number of hydrogen-bond donors (Lipinski definition) is 2. The first-order valence-electron chi connectivity index (χ1n) is 9.94. The van der Waals surface area contributed by atoms with Crippen LogP contribution in [0.1, 0.15) is 24.0 Å². The van der Waals surface area contributed by atoms with E-state index in [2.05, 4.69) is 10.2 Å². The van der Waals surface area contributed by atoms with Crippen LogP contribution in [0, 0.1) is 12.8 Å². The number of fused-ring (bicyclic) bond motifs is 1. The van der Waals surface area contributed by atoms with Crippen LogP contribution in [0.2, 0.25) is 5.02 Å². The van der Waals surface area contributed by atoms with E-state index in [0.29, 0.717) is 35.7 Å². The van der Waals surface area contributed by atoms with Crippen molar-refractivity contribution in [1.82, 2.24) is 4.90 Å². The van der Waals surface area contributed by atoms with E-state index in [-0.39, 0.29) is 23.2 Å². The summed E-state index contributed by atoms with van der Waals surface area (Å²) < 4.78 is 5.34. The van der Waals surface area contributed by atoms with Gasteiger partial charge in [-0.15, -0.1) is 0 Å². The Labute approximate surface area is 179 Å². The van der Waals surface area contributed by atoms with Gasteiger partial charge >= 0.3 is 5.63 Å². The maximum Gasteiger partial charge on any atom is 0.336 e. The quantitative estimate of drug-likeness (QED) is 0.479. The summed E-state index contributed by atoms with van der Waals surface area (Å²) in [5.74, 6) is -0.261. The van der Waals surface area contributed by atoms with Crippen molar-refractivity contribution in [3.63, 3.8) is 0 Å². The molecule has 1 aliphatic heterocycles. The van der Waals surface area contributed by atoms with E-state index in [1.807, 2.05) is 25.1 Å². The van der Waals surface area contributed by atoms with Gasteiger partial charge in [-0.25, -0.2) is 4.79 Å². The van der Waals surface area contributed by atoms with Gasteiger partial charge in [-0.2, -0.15) is 0 Å². The van der Waals surface area contributed by atoms with E-state index in [9.17, 15) is 14.7 Å². The minimum Gasteiger partial charge on any atom is -0.506 e. The summed E-state index contributed by atoms with van der Waals surface area (Å²) in [6, 6.07) is 12.0. The maximum absolute atomic E-state index is 12.6. The SMILES string of the molecule is Cc1ccc2c(CN3CCC(C(=O)Nc4cc(Cl)ccc4O)CC3)cc(=O)oc2c1. The van der Waals surface area contributed by atoms with Crippen molar-refractivity contribution < 1.29 is 14.3 Å². The van der Waals surface area contributed by atoms with Crippen LogP contribution in [0.25, 0.3) is 11.0 Å². The zero-order chi connectivity index (χ0) is 21.3. The average molecular weight is 427 g/mol. The van der Waals surface area contributed by atoms with Gasteiger partial charge in [-0.05, 0) is 68.2 Å². The summed E-state index contributed by atoms with van der Waals surface area (Å²) in [4.78, 5) is 26.8. The third-order valence-electron chi connectivity index (χ3n) is 5.55. The number of hydrogen-bond acceptors (Lipinski definition) is 5. The molecule has 1 fully saturated rings. The molecule has 7 heteroatoms. The molecule has 2 aromatic carbocycles. The van der Waals surface area contributed by atoms with Crippen molar-refractivity contribution in [2.45, 2.75) is 26.3 Å². The van der Waals surface area contributed by atoms with E-state index in [1.54, 1.807) is 12.1 Å². The number of rotatable bonds is 4. The number of likely N-dealkylation sites (tertiary alicyclic amines) is 1. The van der Waals surface area contributed by atoms with E-state index in [1.165, 1.54) is 12.1 Å². The lowest BCUT2D eigenvalue weighted by molar-refractivity contribution is -0.121. The monoisotopic (exact) mass is 426 g/mol. The maximum atomic E-state index is 12.6. The first-order chi connectivity index (χ1) is 14.4. The second kappa shape index (κ2) is 8.50. The van der Waals surface area contributed by atoms with Gasteiger partial charge < -0.3 is 14.8 Å². The highest BCUT2D eigenvalue weighted by Crippen LogP contribution is 2.29. The number of aromatic hydroxyl groups is 1. The Bertz CT molecular complexity index is 1150. The van der Waals surface area contributed by atoms with E-state index in [4.69, 9.17) is 16.0 Å². The van der Waals surface area contributed by atoms with Gasteiger partial charge in [-0.1, -0.05) is 23.7 Å². The highest BCUT2D eigenvalue weighted by atomic mass is 35.5. The summed E-state index contributed by atoms with van der Waals surface area (Å²) in [5.41, 5.74) is 2.56. The number of anilines is 1. The molecule has 1 amide bonds. The van der Waals surface area contributed by atoms with E-state index >= 15 is 0 Å². The van der Waals surface area contributed by atoms with Crippen LogP contribution in [0.3, 0.4) is 0 Å². The van der Waals surface area contributed by atoms with E-state index < -0.39 is 0 Å². The Hall–Kier alpha value is -2.83. The molecule has 0 unspecified atom stereocenters. The first-order valence-corrected chi connectivity index (χ1v) is 10.3. The Balaban J connectivity index is 1.40. The highest BCUT2D eigenvalue weighted by Gasteiger charge is 2.26. The zero-order valence-corrected chi connectivity index (χ0v) is 17.4. The summed E-state index contributed by atoms with van der Waals surface area (Å²) in [5, 5.41) is 14.1. The molecule has 0 aliphatic carbocycles. The predicted molar refractivity (Wildman–Crippen MR) is 117 cm³/mol. The minimum atomic E-state index is -0.348. The molecule has 0 atom stereocenters. The van der Waals surface area contributed by atoms with Crippen LogP contribution in [-0.2, 0) is 11.3 Å². The van der Waals surface area contributed by atoms with Gasteiger partial charge in [0.15, 0.2) is 0 Å². The number of amides is 1. The van der Waals surface area contributed by atoms with Crippen molar-refractivity contribution in [2.24, 2.45) is 5.92 Å². The van der Waals surface area contributed by atoms with Crippen LogP contribution in [-0.4, -0.2) is 29.0 Å². The summed E-state index contributed by atoms with van der Waals surface area (Å²) in [7, 11) is 0. The number of carbonyl (C=O) groups excluding carboxylic acids is 1. The largest absolute Gasteiger partial charge is 0.506 e. The molecule has 0 bridgehead atoms. The lowest BCUT2D eigenvalue weighted by atomic mass is 9.95. The number of aryl methyl sites for hydroxylation is 1. The molecule has 1 aliphatic rings. The van der Waals surface area contributed by atoms with Gasteiger partial charge in [0.2, 0.25) is 5.91 Å². The van der Waals surface area contributed by atoms with Crippen molar-refractivity contribution >= 4 is 34.2 Å². The smallest absolute Gasteiger partial charge is 0.336 e. The second-order valence-corrected chi connectivity index (χ2v) is 8.23. The molecule has 0 spiro atoms. The molecular weight excluding hydrogens is 404 g/mol. The molecule has 0 saturated carbocycles.